The lowest BCUT2D eigenvalue weighted by Gasteiger charge is -2.10. The quantitative estimate of drug-likeness (QED) is 0.448. The maximum atomic E-state index is 13.8. The van der Waals surface area contributed by atoms with Gasteiger partial charge in [-0.15, -0.1) is 0 Å². The van der Waals surface area contributed by atoms with E-state index >= 15 is 0 Å². The minimum absolute atomic E-state index is 0.0732. The zero-order valence-corrected chi connectivity index (χ0v) is 13.7. The average Bonchev–Trinajstić information content (AvgIpc) is 2.95. The van der Waals surface area contributed by atoms with E-state index in [0.29, 0.717) is 11.6 Å². The Kier molecular flexibility index (Phi) is 5.11. The molecule has 0 aromatic heterocycles. The number of cyclic esters (lactones) is 1. The maximum Gasteiger partial charge on any atom is 0.387 e. The number of halogens is 4. The first-order chi connectivity index (χ1) is 12.9. The molecule has 9 heteroatoms. The molecule has 0 spiro atoms. The molecule has 1 aliphatic heterocycles. The zero-order chi connectivity index (χ0) is 19.6. The van der Waals surface area contributed by atoms with E-state index < -0.39 is 24.2 Å². The molecule has 0 N–H and O–H groups in total. The molecule has 0 bridgehead atoms. The van der Waals surface area contributed by atoms with E-state index in [1.807, 2.05) is 0 Å². The predicted octanol–water partition coefficient (Wildman–Crippen LogP) is 3.92. The van der Waals surface area contributed by atoms with Crippen LogP contribution >= 0.6 is 0 Å². The second-order valence-electron chi connectivity index (χ2n) is 5.25. The molecule has 0 amide bonds. The molecule has 5 nitrogen and oxygen atoms in total. The van der Waals surface area contributed by atoms with Crippen LogP contribution in [0, 0.1) is 11.6 Å². The number of hydrogen-bond donors (Lipinski definition) is 0. The molecule has 0 unspecified atom stereocenters. The number of rotatable bonds is 5. The van der Waals surface area contributed by atoms with Crippen molar-refractivity contribution in [3.63, 3.8) is 0 Å². The van der Waals surface area contributed by atoms with E-state index in [2.05, 4.69) is 9.73 Å². The monoisotopic (exact) mass is 381 g/mol. The number of carbonyl (C=O) groups excluding carboxylic acids is 1. The summed E-state index contributed by atoms with van der Waals surface area (Å²) >= 11 is 0. The van der Waals surface area contributed by atoms with Crippen molar-refractivity contribution in [3.8, 4) is 11.5 Å². The number of nitrogens with zero attached hydrogens (tertiary/aromatic N) is 1. The Bertz CT molecular complexity index is 956. The van der Waals surface area contributed by atoms with Crippen LogP contribution in [0.25, 0.3) is 6.08 Å². The highest BCUT2D eigenvalue weighted by molar-refractivity contribution is 6.12. The molecule has 0 atom stereocenters. The number of ether oxygens (including phenoxy) is 3. The third-order valence-electron chi connectivity index (χ3n) is 3.49. The van der Waals surface area contributed by atoms with E-state index in [-0.39, 0.29) is 28.7 Å². The summed E-state index contributed by atoms with van der Waals surface area (Å²) < 4.78 is 66.0. The van der Waals surface area contributed by atoms with Crippen molar-refractivity contribution in [2.24, 2.45) is 4.99 Å². The highest BCUT2D eigenvalue weighted by atomic mass is 19.3. The van der Waals surface area contributed by atoms with Crippen LogP contribution in [0.5, 0.6) is 11.5 Å². The van der Waals surface area contributed by atoms with Crippen molar-refractivity contribution in [2.45, 2.75) is 6.61 Å². The molecule has 0 saturated heterocycles. The molecule has 0 aliphatic carbocycles. The fraction of sp³-hybridized carbons (Fsp3) is 0.111. The van der Waals surface area contributed by atoms with Crippen molar-refractivity contribution in [1.29, 1.82) is 0 Å². The van der Waals surface area contributed by atoms with E-state index in [4.69, 9.17) is 9.47 Å². The van der Waals surface area contributed by atoms with Gasteiger partial charge in [-0.3, -0.25) is 0 Å². The van der Waals surface area contributed by atoms with E-state index in [1.165, 1.54) is 31.4 Å². The Morgan fingerprint density at radius 1 is 1.11 bits per heavy atom. The number of benzene rings is 2. The van der Waals surface area contributed by atoms with Gasteiger partial charge in [0.1, 0.15) is 11.6 Å². The molecule has 140 valence electrons. The summed E-state index contributed by atoms with van der Waals surface area (Å²) in [6.45, 7) is -3.07. The fourth-order valence-corrected chi connectivity index (χ4v) is 2.32. The minimum atomic E-state index is -3.07. The van der Waals surface area contributed by atoms with Crippen LogP contribution in [-0.2, 0) is 9.53 Å². The standard InChI is InChI=1S/C18H11F4NO4/c1-25-14-5-2-9(7-15(14)26-18(21)22)6-13-17(24)27-16(23-13)11-4-3-10(19)8-12(11)20/h2-8,18H,1H3/b13-6-. The van der Waals surface area contributed by atoms with Crippen LogP contribution < -0.4 is 9.47 Å². The van der Waals surface area contributed by atoms with Crippen LogP contribution in [0.3, 0.4) is 0 Å². The second kappa shape index (κ2) is 7.48. The molecule has 0 fully saturated rings. The number of aliphatic imine (C=N–C) groups is 1. The summed E-state index contributed by atoms with van der Waals surface area (Å²) in [5.74, 6) is -3.10. The van der Waals surface area contributed by atoms with Gasteiger partial charge in [0.2, 0.25) is 5.90 Å². The molecule has 1 aliphatic rings. The van der Waals surface area contributed by atoms with Gasteiger partial charge in [0.25, 0.3) is 0 Å². The first-order valence-corrected chi connectivity index (χ1v) is 7.48. The molecule has 2 aromatic rings. The van der Waals surface area contributed by atoms with Gasteiger partial charge in [0.05, 0.1) is 12.7 Å². The predicted molar refractivity (Wildman–Crippen MR) is 86.6 cm³/mol. The van der Waals surface area contributed by atoms with Crippen molar-refractivity contribution in [2.75, 3.05) is 7.11 Å². The van der Waals surface area contributed by atoms with E-state index in [1.54, 1.807) is 0 Å². The van der Waals surface area contributed by atoms with Crippen molar-refractivity contribution in [1.82, 2.24) is 0 Å². The second-order valence-corrected chi connectivity index (χ2v) is 5.25. The number of alkyl halides is 2. The topological polar surface area (TPSA) is 57.1 Å². The van der Waals surface area contributed by atoms with Gasteiger partial charge in [0.15, 0.2) is 17.2 Å². The summed E-state index contributed by atoms with van der Waals surface area (Å²) in [5, 5.41) is 0. The first-order valence-electron chi connectivity index (χ1n) is 7.48. The Morgan fingerprint density at radius 2 is 1.89 bits per heavy atom. The largest absolute Gasteiger partial charge is 0.493 e. The van der Waals surface area contributed by atoms with Gasteiger partial charge >= 0.3 is 12.6 Å². The summed E-state index contributed by atoms with van der Waals surface area (Å²) in [6.07, 6.45) is 1.24. The third-order valence-corrected chi connectivity index (χ3v) is 3.49. The van der Waals surface area contributed by atoms with Crippen molar-refractivity contribution in [3.05, 3.63) is 64.9 Å². The first kappa shape index (κ1) is 18.4. The highest BCUT2D eigenvalue weighted by Gasteiger charge is 2.26. The van der Waals surface area contributed by atoms with Crippen molar-refractivity contribution < 1.29 is 36.6 Å². The van der Waals surface area contributed by atoms with Gasteiger partial charge in [0, 0.05) is 6.07 Å². The average molecular weight is 381 g/mol. The zero-order valence-electron chi connectivity index (χ0n) is 13.7. The van der Waals surface area contributed by atoms with Gasteiger partial charge in [-0.05, 0) is 35.9 Å². The molecule has 2 aromatic carbocycles. The summed E-state index contributed by atoms with van der Waals surface area (Å²) in [4.78, 5) is 15.8. The number of hydrogen-bond acceptors (Lipinski definition) is 5. The number of methoxy groups -OCH3 is 1. The van der Waals surface area contributed by atoms with E-state index in [0.717, 1.165) is 12.1 Å². The smallest absolute Gasteiger partial charge is 0.387 e. The van der Waals surface area contributed by atoms with Gasteiger partial charge in [-0.25, -0.2) is 18.6 Å². The van der Waals surface area contributed by atoms with Crippen LogP contribution in [0.2, 0.25) is 0 Å². The summed E-state index contributed by atoms with van der Waals surface area (Å²) in [5.41, 5.74) is -0.0885. The lowest BCUT2D eigenvalue weighted by Crippen LogP contribution is -2.07. The Labute approximate surface area is 150 Å². The Hall–Kier alpha value is -3.36. The highest BCUT2D eigenvalue weighted by Crippen LogP contribution is 2.31. The molecular weight excluding hydrogens is 370 g/mol. The van der Waals surface area contributed by atoms with Crippen LogP contribution in [-0.4, -0.2) is 25.6 Å². The fourth-order valence-electron chi connectivity index (χ4n) is 2.32. The minimum Gasteiger partial charge on any atom is -0.493 e. The van der Waals surface area contributed by atoms with Crippen LogP contribution in [0.1, 0.15) is 11.1 Å². The third kappa shape index (κ3) is 4.08. The van der Waals surface area contributed by atoms with Gasteiger partial charge in [-0.2, -0.15) is 8.78 Å². The van der Waals surface area contributed by atoms with Gasteiger partial charge in [-0.1, -0.05) is 6.07 Å². The molecular formula is C18H11F4NO4. The molecule has 1 heterocycles. The van der Waals surface area contributed by atoms with Crippen LogP contribution in [0.4, 0.5) is 17.6 Å². The normalized spacial score (nSPS) is 15.1. The lowest BCUT2D eigenvalue weighted by atomic mass is 10.1. The lowest BCUT2D eigenvalue weighted by molar-refractivity contribution is -0.129. The molecule has 27 heavy (non-hydrogen) atoms. The number of carbonyl (C=O) groups is 1. The molecule has 0 radical (unpaired) electrons. The molecule has 0 saturated carbocycles. The van der Waals surface area contributed by atoms with Crippen LogP contribution in [0.15, 0.2) is 47.1 Å². The summed E-state index contributed by atoms with van der Waals surface area (Å²) in [7, 11) is 1.29. The Morgan fingerprint density at radius 3 is 2.56 bits per heavy atom. The maximum absolute atomic E-state index is 13.8. The summed E-state index contributed by atoms with van der Waals surface area (Å²) in [6, 6.07) is 6.77. The molecule has 3 rings (SSSR count). The number of esters is 1. The van der Waals surface area contributed by atoms with E-state index in [9.17, 15) is 22.4 Å². The van der Waals surface area contributed by atoms with Gasteiger partial charge < -0.3 is 14.2 Å². The SMILES string of the molecule is COc1ccc(/C=C2\N=C(c3ccc(F)cc3F)OC2=O)cc1OC(F)F. The van der Waals surface area contributed by atoms with Crippen molar-refractivity contribution >= 4 is 17.9 Å². The Balaban J connectivity index is 1.94.